The lowest BCUT2D eigenvalue weighted by Gasteiger charge is -2.27. The van der Waals surface area contributed by atoms with Gasteiger partial charge in [-0.15, -0.1) is 0 Å². The highest BCUT2D eigenvalue weighted by Gasteiger charge is 2.36. The molecule has 4 amide bonds. The number of nitrogens with one attached hydrogen (secondary N) is 5. The summed E-state index contributed by atoms with van der Waals surface area (Å²) in [6.45, 7) is 0.549. The maximum absolute atomic E-state index is 13.6. The largest absolute Gasteiger partial charge is 0.480 e. The predicted molar refractivity (Wildman–Crippen MR) is 183 cm³/mol. The molecule has 1 aliphatic rings. The quantitative estimate of drug-likeness (QED) is 0.0781. The molecule has 3 aromatic rings. The molecule has 0 aliphatic carbocycles. The fourth-order valence-corrected chi connectivity index (χ4v) is 5.42. The summed E-state index contributed by atoms with van der Waals surface area (Å²) in [4.78, 5) is 64.9. The molecule has 0 spiro atoms. The minimum Gasteiger partial charge on any atom is -0.480 e. The number of amides is 4. The van der Waals surface area contributed by atoms with E-state index in [1.54, 1.807) is 36.4 Å². The van der Waals surface area contributed by atoms with Crippen LogP contribution in [0, 0.1) is 5.41 Å². The Balaban J connectivity index is 1.24. The summed E-state index contributed by atoms with van der Waals surface area (Å²) in [5.41, 5.74) is 2.29. The maximum Gasteiger partial charge on any atom is 0.414 e. The van der Waals surface area contributed by atoms with Crippen molar-refractivity contribution in [3.8, 4) is 0 Å². The summed E-state index contributed by atoms with van der Waals surface area (Å²) in [5, 5.41) is 27.9. The Kier molecular flexibility index (Phi) is 14.2. The first-order valence-electron chi connectivity index (χ1n) is 16.3. The van der Waals surface area contributed by atoms with E-state index in [-0.39, 0.29) is 50.9 Å². The number of likely N-dealkylation sites (tertiary alicyclic amines) is 1. The van der Waals surface area contributed by atoms with Crippen molar-refractivity contribution in [3.05, 3.63) is 108 Å². The summed E-state index contributed by atoms with van der Waals surface area (Å²) >= 11 is 0. The molecule has 264 valence electrons. The monoisotopic (exact) mass is 686 g/mol. The summed E-state index contributed by atoms with van der Waals surface area (Å²) in [6.07, 6.45) is -0.453. The molecular formula is C36H42N6O8. The van der Waals surface area contributed by atoms with Crippen molar-refractivity contribution < 1.29 is 38.6 Å². The van der Waals surface area contributed by atoms with Crippen LogP contribution in [0.4, 0.5) is 9.59 Å². The number of carbonyl (C=O) groups is 5. The lowest BCUT2D eigenvalue weighted by atomic mass is 10.0. The second kappa shape index (κ2) is 19.2. The van der Waals surface area contributed by atoms with Crippen LogP contribution in [0.25, 0.3) is 0 Å². The fourth-order valence-electron chi connectivity index (χ4n) is 5.42. The molecule has 1 fully saturated rings. The van der Waals surface area contributed by atoms with Crippen molar-refractivity contribution in [1.82, 2.24) is 26.2 Å². The molecule has 14 heteroatoms. The van der Waals surface area contributed by atoms with Crippen molar-refractivity contribution in [2.75, 3.05) is 13.1 Å². The number of guanidine groups is 1. The van der Waals surface area contributed by atoms with Crippen LogP contribution in [0.3, 0.4) is 0 Å². The van der Waals surface area contributed by atoms with Gasteiger partial charge in [0.05, 0.1) is 12.5 Å². The number of alkyl carbamates (subject to hydrolysis) is 2. The molecule has 3 atom stereocenters. The SMILES string of the molecule is N=C(NCCC[C@H](NC(=O)[C@@H]1CCCN1C(=O)CC(NC(=O)OCc1ccccc1)c1ccccc1)C(=O)O)NC(=O)OCc1ccccc1. The molecule has 50 heavy (non-hydrogen) atoms. The summed E-state index contributed by atoms with van der Waals surface area (Å²) < 4.78 is 10.4. The zero-order valence-electron chi connectivity index (χ0n) is 27.5. The van der Waals surface area contributed by atoms with Gasteiger partial charge in [0.15, 0.2) is 5.96 Å². The number of benzene rings is 3. The molecule has 1 aliphatic heterocycles. The Labute approximate surface area is 290 Å². The molecule has 0 radical (unpaired) electrons. The molecule has 0 saturated carbocycles. The molecule has 3 aromatic carbocycles. The van der Waals surface area contributed by atoms with Crippen LogP contribution in [0.1, 0.15) is 54.8 Å². The third kappa shape index (κ3) is 12.0. The highest BCUT2D eigenvalue weighted by Crippen LogP contribution is 2.24. The number of rotatable bonds is 15. The number of hydrogen-bond donors (Lipinski definition) is 6. The van der Waals surface area contributed by atoms with Gasteiger partial charge in [-0.05, 0) is 42.4 Å². The predicted octanol–water partition coefficient (Wildman–Crippen LogP) is 3.84. The summed E-state index contributed by atoms with van der Waals surface area (Å²) in [7, 11) is 0. The van der Waals surface area contributed by atoms with E-state index >= 15 is 0 Å². The van der Waals surface area contributed by atoms with Crippen LogP contribution >= 0.6 is 0 Å². The van der Waals surface area contributed by atoms with Crippen LogP contribution in [-0.2, 0) is 37.1 Å². The number of carboxylic acids is 1. The van der Waals surface area contributed by atoms with E-state index in [0.717, 1.165) is 11.1 Å². The standard InChI is InChI=1S/C36H42N6O8/c37-34(41-36(48)50-24-26-14-6-2-7-15-26)38-20-10-18-28(33(45)46)39-32(44)30-19-11-21-42(30)31(43)22-29(27-16-8-3-9-17-27)40-35(47)49-23-25-12-4-1-5-13-25/h1-9,12-17,28-30H,10-11,18-24H2,(H,39,44)(H,40,47)(H,45,46)(H3,37,38,41,48)/t28-,29?,30-/m0/s1. The van der Waals surface area contributed by atoms with Crippen LogP contribution in [-0.4, -0.2) is 71.1 Å². The molecule has 4 rings (SSSR count). The van der Waals surface area contributed by atoms with Crippen LogP contribution in [0.5, 0.6) is 0 Å². The van der Waals surface area contributed by atoms with Gasteiger partial charge in [-0.2, -0.15) is 0 Å². The third-order valence-electron chi connectivity index (χ3n) is 7.99. The highest BCUT2D eigenvalue weighted by atomic mass is 16.6. The topological polar surface area (TPSA) is 199 Å². The maximum atomic E-state index is 13.6. The van der Waals surface area contributed by atoms with Crippen LogP contribution in [0.2, 0.25) is 0 Å². The Morgan fingerprint density at radius 1 is 0.820 bits per heavy atom. The molecule has 1 saturated heterocycles. The highest BCUT2D eigenvalue weighted by molar-refractivity contribution is 5.92. The molecule has 14 nitrogen and oxygen atoms in total. The molecule has 1 unspecified atom stereocenters. The Hall–Kier alpha value is -5.92. The second-order valence-electron chi connectivity index (χ2n) is 11.6. The second-order valence-corrected chi connectivity index (χ2v) is 11.6. The lowest BCUT2D eigenvalue weighted by molar-refractivity contribution is -0.144. The first-order valence-corrected chi connectivity index (χ1v) is 16.3. The van der Waals surface area contributed by atoms with Gasteiger partial charge in [-0.3, -0.25) is 20.3 Å². The minimum absolute atomic E-state index is 0.0333. The van der Waals surface area contributed by atoms with E-state index in [0.29, 0.717) is 24.9 Å². The van der Waals surface area contributed by atoms with Gasteiger partial charge in [-0.1, -0.05) is 91.0 Å². The number of ether oxygens (including phenoxy) is 2. The van der Waals surface area contributed by atoms with E-state index in [9.17, 15) is 29.1 Å². The van der Waals surface area contributed by atoms with E-state index < -0.39 is 42.2 Å². The zero-order chi connectivity index (χ0) is 35.7. The Morgan fingerprint density at radius 3 is 2.00 bits per heavy atom. The Bertz CT molecular complexity index is 1590. The van der Waals surface area contributed by atoms with Crippen molar-refractivity contribution in [2.45, 2.75) is 63.4 Å². The van der Waals surface area contributed by atoms with Gasteiger partial charge in [-0.25, -0.2) is 14.4 Å². The van der Waals surface area contributed by atoms with Crippen molar-refractivity contribution in [1.29, 1.82) is 5.41 Å². The van der Waals surface area contributed by atoms with Crippen LogP contribution < -0.4 is 21.3 Å². The van der Waals surface area contributed by atoms with E-state index in [1.807, 2.05) is 54.6 Å². The lowest BCUT2D eigenvalue weighted by Crippen LogP contribution is -2.51. The average molecular weight is 687 g/mol. The minimum atomic E-state index is -1.24. The Morgan fingerprint density at radius 2 is 1.40 bits per heavy atom. The first kappa shape index (κ1) is 36.9. The van der Waals surface area contributed by atoms with Gasteiger partial charge in [0.2, 0.25) is 11.8 Å². The molecule has 0 aromatic heterocycles. The number of aliphatic carboxylic acids is 1. The van der Waals surface area contributed by atoms with E-state index in [1.165, 1.54) is 4.90 Å². The molecule has 0 bridgehead atoms. The van der Waals surface area contributed by atoms with Gasteiger partial charge in [0.25, 0.3) is 0 Å². The van der Waals surface area contributed by atoms with Crippen molar-refractivity contribution in [3.63, 3.8) is 0 Å². The van der Waals surface area contributed by atoms with Gasteiger partial charge < -0.3 is 35.4 Å². The van der Waals surface area contributed by atoms with Gasteiger partial charge >= 0.3 is 18.2 Å². The normalized spacial score (nSPS) is 14.8. The number of carbonyl (C=O) groups excluding carboxylic acids is 4. The van der Waals surface area contributed by atoms with Crippen LogP contribution in [0.15, 0.2) is 91.0 Å². The smallest absolute Gasteiger partial charge is 0.414 e. The third-order valence-corrected chi connectivity index (χ3v) is 7.99. The number of carboxylic acid groups (broad SMARTS) is 1. The molecule has 6 N–H and O–H groups in total. The summed E-state index contributed by atoms with van der Waals surface area (Å²) in [6, 6.07) is 24.4. The van der Waals surface area contributed by atoms with Crippen molar-refractivity contribution >= 4 is 35.9 Å². The van der Waals surface area contributed by atoms with E-state index in [4.69, 9.17) is 14.9 Å². The van der Waals surface area contributed by atoms with E-state index in [2.05, 4.69) is 21.3 Å². The molecular weight excluding hydrogens is 644 g/mol. The number of nitrogens with zero attached hydrogens (tertiary/aromatic N) is 1. The number of hydrogen-bond acceptors (Lipinski definition) is 8. The first-order chi connectivity index (χ1) is 24.2. The van der Waals surface area contributed by atoms with Gasteiger partial charge in [0.1, 0.15) is 25.3 Å². The molecule has 1 heterocycles. The van der Waals surface area contributed by atoms with Gasteiger partial charge in [0, 0.05) is 13.1 Å². The van der Waals surface area contributed by atoms with Crippen molar-refractivity contribution in [2.24, 2.45) is 0 Å². The fraction of sp³-hybridized carbons (Fsp3) is 0.333. The zero-order valence-corrected chi connectivity index (χ0v) is 27.5. The average Bonchev–Trinajstić information content (AvgIpc) is 3.63. The summed E-state index contributed by atoms with van der Waals surface area (Å²) in [5.74, 6) is -2.51.